The van der Waals surface area contributed by atoms with Gasteiger partial charge in [-0.2, -0.15) is 0 Å². The van der Waals surface area contributed by atoms with Crippen molar-refractivity contribution < 1.29 is 5.11 Å². The monoisotopic (exact) mass is 359 g/mol. The summed E-state index contributed by atoms with van der Waals surface area (Å²) in [6.45, 7) is 5.72. The minimum atomic E-state index is -0.385. The van der Waals surface area contributed by atoms with Crippen LogP contribution in [0.4, 0.5) is 0 Å². The summed E-state index contributed by atoms with van der Waals surface area (Å²) in [4.78, 5) is 2.48. The van der Waals surface area contributed by atoms with Crippen LogP contribution in [0.25, 0.3) is 0 Å². The first-order valence-electron chi connectivity index (χ1n) is 9.70. The van der Waals surface area contributed by atoms with Crippen molar-refractivity contribution in [3.05, 3.63) is 108 Å². The highest BCUT2D eigenvalue weighted by Crippen LogP contribution is 2.33. The van der Waals surface area contributed by atoms with E-state index in [1.165, 1.54) is 16.7 Å². The summed E-state index contributed by atoms with van der Waals surface area (Å²) in [6.07, 6.45) is -0.385. The fourth-order valence-corrected chi connectivity index (χ4v) is 3.65. The second kappa shape index (κ2) is 9.50. The zero-order valence-corrected chi connectivity index (χ0v) is 16.2. The molecule has 0 aromatic heterocycles. The predicted octanol–water partition coefficient (Wildman–Crippen LogP) is 5.45. The first-order valence-corrected chi connectivity index (χ1v) is 9.70. The Kier molecular flexibility index (Phi) is 6.80. The van der Waals surface area contributed by atoms with Gasteiger partial charge in [-0.1, -0.05) is 97.9 Å². The molecule has 140 valence electrons. The van der Waals surface area contributed by atoms with E-state index in [1.807, 2.05) is 13.0 Å². The molecule has 0 spiro atoms. The van der Waals surface area contributed by atoms with Crippen LogP contribution in [0.15, 0.2) is 91.0 Å². The van der Waals surface area contributed by atoms with Crippen LogP contribution in [0, 0.1) is 5.92 Å². The zero-order valence-electron chi connectivity index (χ0n) is 16.2. The average Bonchev–Trinajstić information content (AvgIpc) is 2.70. The van der Waals surface area contributed by atoms with E-state index < -0.39 is 0 Å². The molecule has 0 aliphatic carbocycles. The molecule has 0 aliphatic rings. The molecule has 3 aromatic carbocycles. The SMILES string of the molecule is C[C@@H]([C@H](C)O)[C@@H](c1ccccc1)N(Cc1ccccc1)Cc1ccccc1. The third-order valence-electron chi connectivity index (χ3n) is 5.25. The van der Waals surface area contributed by atoms with Crippen LogP contribution in [0.5, 0.6) is 0 Å². The van der Waals surface area contributed by atoms with Gasteiger partial charge in [0.15, 0.2) is 0 Å². The van der Waals surface area contributed by atoms with Crippen LogP contribution < -0.4 is 0 Å². The van der Waals surface area contributed by atoms with Gasteiger partial charge in [0.1, 0.15) is 0 Å². The van der Waals surface area contributed by atoms with Gasteiger partial charge in [0, 0.05) is 25.0 Å². The lowest BCUT2D eigenvalue weighted by molar-refractivity contribution is 0.0465. The van der Waals surface area contributed by atoms with E-state index in [1.54, 1.807) is 0 Å². The molecule has 1 N–H and O–H groups in total. The van der Waals surface area contributed by atoms with Gasteiger partial charge in [-0.05, 0) is 23.6 Å². The summed E-state index contributed by atoms with van der Waals surface area (Å²) >= 11 is 0. The molecule has 0 saturated heterocycles. The largest absolute Gasteiger partial charge is 0.393 e. The minimum absolute atomic E-state index is 0.111. The lowest BCUT2D eigenvalue weighted by atomic mass is 9.88. The Labute approximate surface area is 163 Å². The Hall–Kier alpha value is -2.42. The number of hydrogen-bond donors (Lipinski definition) is 1. The van der Waals surface area contributed by atoms with Crippen LogP contribution in [0.1, 0.15) is 36.6 Å². The molecule has 0 aliphatic heterocycles. The van der Waals surface area contributed by atoms with Crippen LogP contribution in [-0.2, 0) is 13.1 Å². The van der Waals surface area contributed by atoms with E-state index >= 15 is 0 Å². The summed E-state index contributed by atoms with van der Waals surface area (Å²) in [5, 5.41) is 10.4. The van der Waals surface area contributed by atoms with Gasteiger partial charge in [-0.25, -0.2) is 0 Å². The highest BCUT2D eigenvalue weighted by Gasteiger charge is 2.29. The molecule has 3 atom stereocenters. The minimum Gasteiger partial charge on any atom is -0.393 e. The van der Waals surface area contributed by atoms with Gasteiger partial charge in [0.05, 0.1) is 6.10 Å². The van der Waals surface area contributed by atoms with Crippen molar-refractivity contribution in [1.82, 2.24) is 4.90 Å². The summed E-state index contributed by atoms with van der Waals surface area (Å²) < 4.78 is 0. The highest BCUT2D eigenvalue weighted by atomic mass is 16.3. The summed E-state index contributed by atoms with van der Waals surface area (Å²) in [5.41, 5.74) is 3.82. The van der Waals surface area contributed by atoms with E-state index in [0.717, 1.165) is 13.1 Å². The van der Waals surface area contributed by atoms with Crippen molar-refractivity contribution in [2.75, 3.05) is 0 Å². The summed E-state index contributed by atoms with van der Waals surface area (Å²) in [7, 11) is 0. The second-order valence-electron chi connectivity index (χ2n) is 7.33. The van der Waals surface area contributed by atoms with Gasteiger partial charge in [0.2, 0.25) is 0 Å². The quantitative estimate of drug-likeness (QED) is 0.578. The molecule has 0 bridgehead atoms. The maximum Gasteiger partial charge on any atom is 0.0555 e. The van der Waals surface area contributed by atoms with Crippen molar-refractivity contribution in [3.8, 4) is 0 Å². The van der Waals surface area contributed by atoms with Crippen molar-refractivity contribution >= 4 is 0 Å². The smallest absolute Gasteiger partial charge is 0.0555 e. The van der Waals surface area contributed by atoms with E-state index in [2.05, 4.69) is 96.8 Å². The second-order valence-corrected chi connectivity index (χ2v) is 7.33. The van der Waals surface area contributed by atoms with Crippen molar-refractivity contribution in [1.29, 1.82) is 0 Å². The number of nitrogens with zero attached hydrogens (tertiary/aromatic N) is 1. The molecule has 0 radical (unpaired) electrons. The molecule has 0 fully saturated rings. The van der Waals surface area contributed by atoms with Gasteiger partial charge in [-0.15, -0.1) is 0 Å². The number of rotatable bonds is 8. The molecular formula is C25H29NO. The van der Waals surface area contributed by atoms with E-state index in [4.69, 9.17) is 0 Å². The molecular weight excluding hydrogens is 330 g/mol. The number of aliphatic hydroxyl groups excluding tert-OH is 1. The van der Waals surface area contributed by atoms with Crippen molar-refractivity contribution in [3.63, 3.8) is 0 Å². The first-order chi connectivity index (χ1) is 13.1. The van der Waals surface area contributed by atoms with E-state index in [0.29, 0.717) is 0 Å². The fourth-order valence-electron chi connectivity index (χ4n) is 3.65. The Morgan fingerprint density at radius 3 is 1.48 bits per heavy atom. The maximum atomic E-state index is 10.4. The Balaban J connectivity index is 1.98. The van der Waals surface area contributed by atoms with Crippen LogP contribution >= 0.6 is 0 Å². The number of aliphatic hydroxyl groups is 1. The van der Waals surface area contributed by atoms with E-state index in [9.17, 15) is 5.11 Å². The van der Waals surface area contributed by atoms with Crippen LogP contribution in [0.2, 0.25) is 0 Å². The summed E-state index contributed by atoms with van der Waals surface area (Å²) in [5.74, 6) is 0.111. The first kappa shape index (κ1) is 19.3. The van der Waals surface area contributed by atoms with Crippen LogP contribution in [0.3, 0.4) is 0 Å². The predicted molar refractivity (Wildman–Crippen MR) is 112 cm³/mol. The van der Waals surface area contributed by atoms with E-state index in [-0.39, 0.29) is 18.1 Å². The molecule has 0 unspecified atom stereocenters. The van der Waals surface area contributed by atoms with Gasteiger partial charge in [0.25, 0.3) is 0 Å². The molecule has 2 heteroatoms. The number of hydrogen-bond acceptors (Lipinski definition) is 2. The maximum absolute atomic E-state index is 10.4. The molecule has 0 saturated carbocycles. The third kappa shape index (κ3) is 5.29. The topological polar surface area (TPSA) is 23.5 Å². The van der Waals surface area contributed by atoms with Crippen molar-refractivity contribution in [2.24, 2.45) is 5.92 Å². The molecule has 3 rings (SSSR count). The fraction of sp³-hybridized carbons (Fsp3) is 0.280. The average molecular weight is 360 g/mol. The molecule has 0 amide bonds. The summed E-state index contributed by atoms with van der Waals surface area (Å²) in [6, 6.07) is 31.9. The molecule has 3 aromatic rings. The zero-order chi connectivity index (χ0) is 19.1. The van der Waals surface area contributed by atoms with Crippen LogP contribution in [-0.4, -0.2) is 16.1 Å². The third-order valence-corrected chi connectivity index (χ3v) is 5.25. The Morgan fingerprint density at radius 2 is 1.07 bits per heavy atom. The normalized spacial score (nSPS) is 14.7. The standard InChI is InChI=1S/C25H29NO/c1-20(21(2)27)25(24-16-10-5-11-17-24)26(18-22-12-6-3-7-13-22)19-23-14-8-4-9-15-23/h3-17,20-21,25,27H,18-19H2,1-2H3/t20-,21-,25-/m0/s1. The molecule has 2 nitrogen and oxygen atoms in total. The number of benzene rings is 3. The van der Waals surface area contributed by atoms with Gasteiger partial charge < -0.3 is 5.11 Å². The van der Waals surface area contributed by atoms with Gasteiger partial charge in [-0.3, -0.25) is 4.90 Å². The highest BCUT2D eigenvalue weighted by molar-refractivity contribution is 5.23. The van der Waals surface area contributed by atoms with Gasteiger partial charge >= 0.3 is 0 Å². The molecule has 27 heavy (non-hydrogen) atoms. The lowest BCUT2D eigenvalue weighted by Gasteiger charge is -2.37. The Bertz CT molecular complexity index is 745. The van der Waals surface area contributed by atoms with Crippen molar-refractivity contribution in [2.45, 2.75) is 39.1 Å². The Morgan fingerprint density at radius 1 is 0.667 bits per heavy atom. The lowest BCUT2D eigenvalue weighted by Crippen LogP contribution is -2.36. The molecule has 0 heterocycles.